The Bertz CT molecular complexity index is 336. The molecule has 2 rings (SSSR count). The monoisotopic (exact) mass is 254 g/mol. The third-order valence-electron chi connectivity index (χ3n) is 1.96. The highest BCUT2D eigenvalue weighted by atomic mass is 79.9. The van der Waals surface area contributed by atoms with Crippen LogP contribution in [0.4, 0.5) is 0 Å². The molecule has 3 nitrogen and oxygen atoms in total. The lowest BCUT2D eigenvalue weighted by molar-refractivity contribution is -0.993. The molecule has 0 bridgehead atoms. The summed E-state index contributed by atoms with van der Waals surface area (Å²) < 4.78 is -0.232. The summed E-state index contributed by atoms with van der Waals surface area (Å²) in [6, 6.07) is 9.84. The molecule has 1 atom stereocenters. The maximum Gasteiger partial charge on any atom is 0.228 e. The number of nitrogens with zero attached hydrogens (tertiary/aromatic N) is 2. The highest BCUT2D eigenvalue weighted by Gasteiger charge is 2.23. The zero-order chi connectivity index (χ0) is 9.15. The molecule has 1 unspecified atom stereocenters. The SMILES string of the molecule is O[N+]1(Cc2ccccc2)C=CN=C1.[Br-]. The van der Waals surface area contributed by atoms with Crippen molar-refractivity contribution < 1.29 is 26.8 Å². The van der Waals surface area contributed by atoms with Gasteiger partial charge in [0.15, 0.2) is 6.20 Å². The van der Waals surface area contributed by atoms with Crippen LogP contribution in [0.25, 0.3) is 0 Å². The second kappa shape index (κ2) is 4.50. The fourth-order valence-electron chi connectivity index (χ4n) is 1.32. The van der Waals surface area contributed by atoms with Crippen molar-refractivity contribution in [2.75, 3.05) is 0 Å². The predicted molar refractivity (Wildman–Crippen MR) is 49.8 cm³/mol. The van der Waals surface area contributed by atoms with Crippen molar-refractivity contribution in [3.05, 3.63) is 48.3 Å². The first-order valence-corrected chi connectivity index (χ1v) is 4.15. The molecule has 0 aromatic heterocycles. The molecule has 4 heteroatoms. The fraction of sp³-hybridized carbons (Fsp3) is 0.100. The van der Waals surface area contributed by atoms with Crippen LogP contribution in [0.15, 0.2) is 47.7 Å². The Morgan fingerprint density at radius 1 is 1.21 bits per heavy atom. The van der Waals surface area contributed by atoms with E-state index in [0.717, 1.165) is 5.56 Å². The van der Waals surface area contributed by atoms with Crippen molar-refractivity contribution in [1.29, 1.82) is 0 Å². The molecule has 1 aromatic carbocycles. The van der Waals surface area contributed by atoms with Crippen LogP contribution in [0.5, 0.6) is 0 Å². The first-order valence-electron chi connectivity index (χ1n) is 4.15. The van der Waals surface area contributed by atoms with E-state index in [1.54, 1.807) is 12.4 Å². The molecule has 1 N–H and O–H groups in total. The van der Waals surface area contributed by atoms with E-state index in [1.165, 1.54) is 6.34 Å². The van der Waals surface area contributed by atoms with E-state index in [-0.39, 0.29) is 21.6 Å². The van der Waals surface area contributed by atoms with Crippen molar-refractivity contribution >= 4 is 6.34 Å². The number of benzene rings is 1. The van der Waals surface area contributed by atoms with Gasteiger partial charge in [0.1, 0.15) is 6.54 Å². The van der Waals surface area contributed by atoms with E-state index >= 15 is 0 Å². The van der Waals surface area contributed by atoms with E-state index in [0.29, 0.717) is 6.54 Å². The Kier molecular flexibility index (Phi) is 3.57. The molecule has 0 saturated carbocycles. The maximum absolute atomic E-state index is 9.85. The lowest BCUT2D eigenvalue weighted by Gasteiger charge is -2.16. The normalized spacial score (nSPS) is 23.5. The van der Waals surface area contributed by atoms with E-state index in [1.807, 2.05) is 30.3 Å². The summed E-state index contributed by atoms with van der Waals surface area (Å²) >= 11 is 0. The Labute approximate surface area is 93.3 Å². The average Bonchev–Trinajstić information content (AvgIpc) is 2.54. The standard InChI is InChI=1S/C10H11N2O.BrH/c13-12(7-6-11-9-12)8-10-4-2-1-3-5-10;/h1-7,9,13H,8H2;1H/q+1;/p-1. The summed E-state index contributed by atoms with van der Waals surface area (Å²) in [5.41, 5.74) is 1.09. The average molecular weight is 255 g/mol. The molecule has 0 aliphatic carbocycles. The molecule has 1 aliphatic heterocycles. The number of rotatable bonds is 2. The number of hydroxylamine groups is 3. The molecule has 0 radical (unpaired) electrons. The van der Waals surface area contributed by atoms with Crippen LogP contribution < -0.4 is 17.0 Å². The zero-order valence-electron chi connectivity index (χ0n) is 7.55. The summed E-state index contributed by atoms with van der Waals surface area (Å²) in [7, 11) is 0. The summed E-state index contributed by atoms with van der Waals surface area (Å²) in [5, 5.41) is 9.85. The van der Waals surface area contributed by atoms with E-state index in [4.69, 9.17) is 0 Å². The highest BCUT2D eigenvalue weighted by molar-refractivity contribution is 5.49. The van der Waals surface area contributed by atoms with Crippen molar-refractivity contribution in [3.8, 4) is 0 Å². The quantitative estimate of drug-likeness (QED) is 0.669. The van der Waals surface area contributed by atoms with Gasteiger partial charge in [-0.3, -0.25) is 0 Å². The largest absolute Gasteiger partial charge is 1.00 e. The van der Waals surface area contributed by atoms with Crippen LogP contribution in [0.1, 0.15) is 5.56 Å². The van der Waals surface area contributed by atoms with E-state index in [9.17, 15) is 5.21 Å². The third-order valence-corrected chi connectivity index (χ3v) is 1.96. The molecule has 0 spiro atoms. The van der Waals surface area contributed by atoms with Gasteiger partial charge >= 0.3 is 0 Å². The topological polar surface area (TPSA) is 32.6 Å². The van der Waals surface area contributed by atoms with E-state index in [2.05, 4.69) is 4.99 Å². The molecule has 0 saturated heterocycles. The summed E-state index contributed by atoms with van der Waals surface area (Å²) in [4.78, 5) is 3.85. The van der Waals surface area contributed by atoms with Gasteiger partial charge in [0.05, 0.1) is 6.20 Å². The third kappa shape index (κ3) is 2.51. The Balaban J connectivity index is 0.000000980. The molecule has 1 heterocycles. The van der Waals surface area contributed by atoms with Crippen LogP contribution in [0.2, 0.25) is 0 Å². The van der Waals surface area contributed by atoms with Gasteiger partial charge in [0, 0.05) is 5.56 Å². The molecule has 1 aromatic rings. The molecule has 1 aliphatic rings. The number of quaternary nitrogens is 1. The smallest absolute Gasteiger partial charge is 0.228 e. The van der Waals surface area contributed by atoms with Gasteiger partial charge < -0.3 is 17.0 Å². The number of aliphatic imine (C=N–C) groups is 1. The summed E-state index contributed by atoms with van der Waals surface area (Å²) in [6.07, 6.45) is 4.75. The fourth-order valence-corrected chi connectivity index (χ4v) is 1.32. The Hall–Kier alpha value is -0.970. The molecule has 0 amide bonds. The van der Waals surface area contributed by atoms with Gasteiger partial charge in [-0.2, -0.15) is 0 Å². The molecule has 0 fully saturated rings. The Morgan fingerprint density at radius 3 is 2.50 bits per heavy atom. The minimum atomic E-state index is -0.232. The zero-order valence-corrected chi connectivity index (χ0v) is 9.13. The lowest BCUT2D eigenvalue weighted by atomic mass is 10.2. The first kappa shape index (κ1) is 11.1. The highest BCUT2D eigenvalue weighted by Crippen LogP contribution is 2.13. The van der Waals surface area contributed by atoms with Gasteiger partial charge in [-0.15, -0.1) is 4.65 Å². The van der Waals surface area contributed by atoms with Crippen LogP contribution in [-0.4, -0.2) is 16.2 Å². The van der Waals surface area contributed by atoms with Gasteiger partial charge in [-0.05, 0) is 0 Å². The van der Waals surface area contributed by atoms with Crippen molar-refractivity contribution in [1.82, 2.24) is 0 Å². The second-order valence-corrected chi connectivity index (χ2v) is 3.09. The minimum Gasteiger partial charge on any atom is -1.00 e. The van der Waals surface area contributed by atoms with Crippen LogP contribution in [0.3, 0.4) is 0 Å². The van der Waals surface area contributed by atoms with Crippen molar-refractivity contribution in [2.45, 2.75) is 6.54 Å². The summed E-state index contributed by atoms with van der Waals surface area (Å²) in [6.45, 7) is 0.529. The van der Waals surface area contributed by atoms with Gasteiger partial charge in [-0.1, -0.05) is 30.3 Å². The van der Waals surface area contributed by atoms with Crippen LogP contribution in [-0.2, 0) is 6.54 Å². The maximum atomic E-state index is 9.85. The van der Waals surface area contributed by atoms with Gasteiger partial charge in [-0.25, -0.2) is 10.2 Å². The molecular formula is C10H11BrN2O. The summed E-state index contributed by atoms with van der Waals surface area (Å²) in [5.74, 6) is 0. The van der Waals surface area contributed by atoms with Crippen LogP contribution in [0, 0.1) is 0 Å². The number of hydrogen-bond donors (Lipinski definition) is 1. The number of hydrogen-bond acceptors (Lipinski definition) is 2. The first-order chi connectivity index (χ1) is 6.29. The van der Waals surface area contributed by atoms with E-state index < -0.39 is 0 Å². The van der Waals surface area contributed by atoms with Crippen molar-refractivity contribution in [3.63, 3.8) is 0 Å². The molecule has 74 valence electrons. The van der Waals surface area contributed by atoms with Gasteiger partial charge in [0.2, 0.25) is 6.34 Å². The predicted octanol–water partition coefficient (Wildman–Crippen LogP) is -1.09. The lowest BCUT2D eigenvalue weighted by Crippen LogP contribution is -3.00. The van der Waals surface area contributed by atoms with Crippen molar-refractivity contribution in [2.24, 2.45) is 4.99 Å². The van der Waals surface area contributed by atoms with Gasteiger partial charge in [0.25, 0.3) is 0 Å². The number of halogens is 1. The minimum absolute atomic E-state index is 0. The molecule has 14 heavy (non-hydrogen) atoms. The van der Waals surface area contributed by atoms with Crippen LogP contribution >= 0.6 is 0 Å². The second-order valence-electron chi connectivity index (χ2n) is 3.09. The molecular weight excluding hydrogens is 244 g/mol. The Morgan fingerprint density at radius 2 is 1.93 bits per heavy atom.